The number of nitrogens with zero attached hydrogens (tertiary/aromatic N) is 6. The highest BCUT2D eigenvalue weighted by Crippen LogP contribution is 2.35. The summed E-state index contributed by atoms with van der Waals surface area (Å²) >= 11 is 0. The number of hydrogen-bond donors (Lipinski definition) is 2. The number of benzene rings is 2. The van der Waals surface area contributed by atoms with E-state index in [0.29, 0.717) is 24.0 Å². The van der Waals surface area contributed by atoms with Crippen molar-refractivity contribution in [2.24, 2.45) is 0 Å². The largest absolute Gasteiger partial charge is 0.454 e. The minimum Gasteiger partial charge on any atom is -0.454 e. The topological polar surface area (TPSA) is 135 Å². The van der Waals surface area contributed by atoms with E-state index >= 15 is 4.39 Å². The van der Waals surface area contributed by atoms with Gasteiger partial charge in [0.2, 0.25) is 5.82 Å². The van der Waals surface area contributed by atoms with E-state index in [1.165, 1.54) is 30.6 Å². The van der Waals surface area contributed by atoms with Crippen LogP contribution in [0.2, 0.25) is 0 Å². The molecule has 6 rings (SSSR count). The predicted molar refractivity (Wildman–Crippen MR) is 151 cm³/mol. The van der Waals surface area contributed by atoms with Crippen LogP contribution in [0.5, 0.6) is 11.5 Å². The second-order valence-electron chi connectivity index (χ2n) is 10.5. The highest BCUT2D eigenvalue weighted by atomic mass is 19.2. The van der Waals surface area contributed by atoms with Crippen molar-refractivity contribution in [1.29, 1.82) is 5.26 Å². The van der Waals surface area contributed by atoms with E-state index in [0.717, 1.165) is 37.9 Å². The smallest absolute Gasteiger partial charge is 0.264 e. The molecular formula is C30H27F3N8O2. The maximum absolute atomic E-state index is 15.5. The number of nitrogen functional groups attached to an aromatic ring is 1. The van der Waals surface area contributed by atoms with Crippen LogP contribution < -0.4 is 15.8 Å². The average molecular weight is 589 g/mol. The molecule has 4 heterocycles. The van der Waals surface area contributed by atoms with Gasteiger partial charge in [0.15, 0.2) is 17.2 Å². The number of carbonyl (C=O) groups excluding carboxylic acids is 1. The number of halogens is 3. The Morgan fingerprint density at radius 2 is 2.02 bits per heavy atom. The van der Waals surface area contributed by atoms with E-state index in [1.807, 2.05) is 0 Å². The first-order chi connectivity index (χ1) is 20.8. The fourth-order valence-corrected chi connectivity index (χ4v) is 5.65. The molecule has 2 aromatic carbocycles. The summed E-state index contributed by atoms with van der Waals surface area (Å²) in [5, 5.41) is 18.0. The summed E-state index contributed by atoms with van der Waals surface area (Å²) in [4.78, 5) is 23.5. The molecule has 1 amide bonds. The van der Waals surface area contributed by atoms with Crippen molar-refractivity contribution in [2.75, 3.05) is 18.8 Å². The molecule has 2 fully saturated rings. The van der Waals surface area contributed by atoms with Crippen LogP contribution in [-0.4, -0.2) is 55.7 Å². The second kappa shape index (κ2) is 11.7. The fraction of sp³-hybridized carbons (Fsp3) is 0.300. The zero-order valence-corrected chi connectivity index (χ0v) is 22.9. The molecule has 0 radical (unpaired) electrons. The van der Waals surface area contributed by atoms with E-state index < -0.39 is 17.5 Å². The van der Waals surface area contributed by atoms with Gasteiger partial charge in [0.1, 0.15) is 41.0 Å². The van der Waals surface area contributed by atoms with E-state index in [9.17, 15) is 18.8 Å². The third-order valence-electron chi connectivity index (χ3n) is 7.74. The Morgan fingerprint density at radius 3 is 2.79 bits per heavy atom. The van der Waals surface area contributed by atoms with Crippen LogP contribution in [0.25, 0.3) is 22.3 Å². The summed E-state index contributed by atoms with van der Waals surface area (Å²) in [6.45, 7) is 1.58. The number of ether oxygens (including phenoxy) is 1. The zero-order chi connectivity index (χ0) is 30.1. The van der Waals surface area contributed by atoms with E-state index in [2.05, 4.69) is 26.5 Å². The van der Waals surface area contributed by atoms with Gasteiger partial charge in [-0.05, 0) is 62.6 Å². The second-order valence-corrected chi connectivity index (χ2v) is 10.5. The zero-order valence-electron chi connectivity index (χ0n) is 22.9. The molecule has 0 saturated carbocycles. The third-order valence-corrected chi connectivity index (χ3v) is 7.74. The Balaban J connectivity index is 1.30. The Labute approximate surface area is 244 Å². The fourth-order valence-electron chi connectivity index (χ4n) is 5.65. The Kier molecular flexibility index (Phi) is 7.69. The highest BCUT2D eigenvalue weighted by Gasteiger charge is 2.33. The number of nitrogens with one attached hydrogen (secondary N) is 1. The number of hydrogen-bond acceptors (Lipinski definition) is 8. The molecule has 2 aliphatic rings. The molecule has 2 atom stereocenters. The number of carbonyl (C=O) groups is 1. The third kappa shape index (κ3) is 5.49. The van der Waals surface area contributed by atoms with Crippen LogP contribution in [0.4, 0.5) is 19.0 Å². The molecule has 13 heteroatoms. The van der Waals surface area contributed by atoms with Gasteiger partial charge in [-0.2, -0.15) is 14.8 Å². The van der Waals surface area contributed by atoms with Gasteiger partial charge < -0.3 is 20.7 Å². The monoisotopic (exact) mass is 588 g/mol. The van der Waals surface area contributed by atoms with Crippen molar-refractivity contribution in [1.82, 2.24) is 30.0 Å². The molecule has 2 saturated heterocycles. The van der Waals surface area contributed by atoms with Crippen LogP contribution in [0.3, 0.4) is 0 Å². The molecule has 1 unspecified atom stereocenters. The van der Waals surface area contributed by atoms with Crippen LogP contribution in [0, 0.1) is 28.8 Å². The van der Waals surface area contributed by atoms with Gasteiger partial charge in [-0.1, -0.05) is 6.07 Å². The number of rotatable bonds is 7. The molecular weight excluding hydrogens is 561 g/mol. The first kappa shape index (κ1) is 28.2. The summed E-state index contributed by atoms with van der Waals surface area (Å²) in [6, 6.07) is 9.08. The van der Waals surface area contributed by atoms with Gasteiger partial charge in [-0.15, -0.1) is 0 Å². The van der Waals surface area contributed by atoms with Crippen LogP contribution in [0.15, 0.2) is 54.4 Å². The molecule has 0 aliphatic carbocycles. The Hall–Kier alpha value is -4.96. The maximum Gasteiger partial charge on any atom is 0.264 e. The minimum atomic E-state index is -1.19. The summed E-state index contributed by atoms with van der Waals surface area (Å²) in [7, 11) is 0. The van der Waals surface area contributed by atoms with Crippen molar-refractivity contribution < 1.29 is 22.7 Å². The molecule has 4 aromatic rings. The first-order valence-corrected chi connectivity index (χ1v) is 13.9. The standard InChI is InChI=1S/C30H27F3N8O2/c31-22-6-1-7-24(26(22)33)43-20-8-9-21(23(32)13-20)27-25-28(35)37-16-38-29(25)41(39-27)15-19-5-3-11-40(19)30(42)17(14-34)12-18-4-2-10-36-18/h1,6-9,12-13,16,18-19,36H,2-5,10-11,15H2,(H2,35,37,38)/t18?,19-/m0/s1. The van der Waals surface area contributed by atoms with Crippen LogP contribution >= 0.6 is 0 Å². The molecule has 0 spiro atoms. The molecule has 2 aliphatic heterocycles. The molecule has 10 nitrogen and oxygen atoms in total. The van der Waals surface area contributed by atoms with Crippen molar-refractivity contribution in [3.05, 3.63) is 71.8 Å². The number of amides is 1. The number of anilines is 1. The van der Waals surface area contributed by atoms with Crippen molar-refractivity contribution in [3.63, 3.8) is 0 Å². The van der Waals surface area contributed by atoms with E-state index in [-0.39, 0.29) is 58.7 Å². The van der Waals surface area contributed by atoms with Crippen molar-refractivity contribution in [3.8, 4) is 28.8 Å². The lowest BCUT2D eigenvalue weighted by Crippen LogP contribution is -2.39. The van der Waals surface area contributed by atoms with Crippen molar-refractivity contribution in [2.45, 2.75) is 44.3 Å². The number of likely N-dealkylation sites (tertiary alicyclic amines) is 1. The molecule has 0 bridgehead atoms. The SMILES string of the molecule is N#CC(=CC1CCCN1)C(=O)N1CCC[C@H]1Cn1nc(-c2ccc(Oc3cccc(F)c3F)cc2F)c2c(N)ncnc21. The van der Waals surface area contributed by atoms with Gasteiger partial charge >= 0.3 is 0 Å². The molecule has 2 aromatic heterocycles. The maximum atomic E-state index is 15.5. The quantitative estimate of drug-likeness (QED) is 0.238. The predicted octanol–water partition coefficient (Wildman–Crippen LogP) is 4.48. The van der Waals surface area contributed by atoms with Crippen LogP contribution in [-0.2, 0) is 11.3 Å². The minimum absolute atomic E-state index is 0.00323. The van der Waals surface area contributed by atoms with E-state index in [4.69, 9.17) is 10.5 Å². The normalized spacial score (nSPS) is 18.7. The van der Waals surface area contributed by atoms with Crippen molar-refractivity contribution >= 4 is 22.8 Å². The summed E-state index contributed by atoms with van der Waals surface area (Å²) in [5.41, 5.74) is 6.90. The molecule has 220 valence electrons. The highest BCUT2D eigenvalue weighted by molar-refractivity contribution is 5.99. The Bertz CT molecular complexity index is 1780. The lowest BCUT2D eigenvalue weighted by atomic mass is 10.1. The van der Waals surface area contributed by atoms with Gasteiger partial charge in [0.25, 0.3) is 5.91 Å². The number of nitrogens with two attached hydrogens (primary N) is 1. The molecule has 3 N–H and O–H groups in total. The van der Waals surface area contributed by atoms with E-state index in [1.54, 1.807) is 15.7 Å². The summed E-state index contributed by atoms with van der Waals surface area (Å²) in [6.07, 6.45) is 6.28. The van der Waals surface area contributed by atoms with Gasteiger partial charge in [0.05, 0.1) is 18.0 Å². The number of aromatic nitrogens is 4. The lowest BCUT2D eigenvalue weighted by Gasteiger charge is -2.24. The number of nitriles is 1. The van der Waals surface area contributed by atoms with Gasteiger partial charge in [-0.3, -0.25) is 4.79 Å². The molecule has 43 heavy (non-hydrogen) atoms. The first-order valence-electron chi connectivity index (χ1n) is 13.9. The number of fused-ring (bicyclic) bond motifs is 1. The van der Waals surface area contributed by atoms with Crippen LogP contribution in [0.1, 0.15) is 25.7 Å². The summed E-state index contributed by atoms with van der Waals surface area (Å²) < 4.78 is 50.1. The summed E-state index contributed by atoms with van der Waals surface area (Å²) in [5.74, 6) is -3.70. The Morgan fingerprint density at radius 1 is 1.16 bits per heavy atom. The average Bonchev–Trinajstić information content (AvgIpc) is 3.76. The van der Waals surface area contributed by atoms with Gasteiger partial charge in [0, 0.05) is 24.2 Å². The lowest BCUT2D eigenvalue weighted by molar-refractivity contribution is -0.127. The van der Waals surface area contributed by atoms with Gasteiger partial charge in [-0.25, -0.2) is 23.4 Å².